The monoisotopic (exact) mass is 565 g/mol. The van der Waals surface area contributed by atoms with Crippen molar-refractivity contribution in [2.75, 3.05) is 20.3 Å². The summed E-state index contributed by atoms with van der Waals surface area (Å²) in [6, 6.07) is 4.66. The maximum absolute atomic E-state index is 12.7. The molecule has 0 aliphatic rings. The van der Waals surface area contributed by atoms with E-state index in [2.05, 4.69) is 0 Å². The number of ether oxygens (including phenoxy) is 5. The first kappa shape index (κ1) is 34.9. The van der Waals surface area contributed by atoms with Crippen LogP contribution in [0.4, 0.5) is 4.79 Å². The smallest absolute Gasteiger partial charge is 0.468 e. The summed E-state index contributed by atoms with van der Waals surface area (Å²) in [5.41, 5.74) is 5.41. The van der Waals surface area contributed by atoms with Crippen molar-refractivity contribution in [2.45, 2.75) is 92.0 Å². The van der Waals surface area contributed by atoms with Crippen molar-refractivity contribution >= 4 is 24.1 Å². The fourth-order valence-electron chi connectivity index (χ4n) is 3.53. The molecule has 1 aromatic rings. The molecule has 1 rings (SSSR count). The first-order valence-electron chi connectivity index (χ1n) is 14.1. The van der Waals surface area contributed by atoms with Gasteiger partial charge in [0.15, 0.2) is 11.5 Å². The summed E-state index contributed by atoms with van der Waals surface area (Å²) < 4.78 is 26.2. The molecule has 0 amide bonds. The van der Waals surface area contributed by atoms with Crippen LogP contribution in [0.1, 0.15) is 85.6 Å². The van der Waals surface area contributed by atoms with Gasteiger partial charge in [-0.15, -0.1) is 0 Å². The lowest BCUT2D eigenvalue weighted by Crippen LogP contribution is -2.51. The molecule has 40 heavy (non-hydrogen) atoms. The number of benzene rings is 1. The third-order valence-corrected chi connectivity index (χ3v) is 6.94. The number of rotatable bonds is 17. The van der Waals surface area contributed by atoms with Crippen LogP contribution >= 0.6 is 0 Å². The van der Waals surface area contributed by atoms with E-state index in [4.69, 9.17) is 29.4 Å². The maximum Gasteiger partial charge on any atom is 0.508 e. The van der Waals surface area contributed by atoms with Crippen molar-refractivity contribution in [1.82, 2.24) is 0 Å². The molecule has 0 aromatic heterocycles. The summed E-state index contributed by atoms with van der Waals surface area (Å²) in [6.45, 7) is 11.8. The molecule has 10 heteroatoms. The number of methoxy groups -OCH3 is 1. The van der Waals surface area contributed by atoms with E-state index < -0.39 is 29.6 Å². The fourth-order valence-corrected chi connectivity index (χ4v) is 3.53. The average molecular weight is 566 g/mol. The van der Waals surface area contributed by atoms with Crippen LogP contribution in [0.2, 0.25) is 0 Å². The Bertz CT molecular complexity index is 980. The summed E-state index contributed by atoms with van der Waals surface area (Å²) >= 11 is 0. The zero-order valence-corrected chi connectivity index (χ0v) is 25.1. The molecule has 0 bridgehead atoms. The highest BCUT2D eigenvalue weighted by molar-refractivity contribution is 5.81. The second-order valence-corrected chi connectivity index (χ2v) is 10.7. The van der Waals surface area contributed by atoms with Crippen LogP contribution in [0.5, 0.6) is 11.5 Å². The number of carbonyl (C=O) groups excluding carboxylic acids is 4. The highest BCUT2D eigenvalue weighted by Gasteiger charge is 2.36. The summed E-state index contributed by atoms with van der Waals surface area (Å²) in [4.78, 5) is 49.6. The molecule has 0 fully saturated rings. The second kappa shape index (κ2) is 17.5. The van der Waals surface area contributed by atoms with Crippen LogP contribution in [-0.4, -0.2) is 49.9 Å². The van der Waals surface area contributed by atoms with Crippen molar-refractivity contribution in [3.63, 3.8) is 0 Å². The minimum atomic E-state index is -1.56. The minimum Gasteiger partial charge on any atom is -0.468 e. The van der Waals surface area contributed by atoms with Crippen molar-refractivity contribution in [3.05, 3.63) is 23.8 Å². The Labute approximate surface area is 238 Å². The lowest BCUT2D eigenvalue weighted by molar-refractivity contribution is -0.147. The number of carbonyl (C=O) groups is 4. The first-order chi connectivity index (χ1) is 18.9. The Kier molecular flexibility index (Phi) is 15.3. The topological polar surface area (TPSA) is 140 Å². The number of nitrogens with two attached hydrogens (primary N) is 1. The van der Waals surface area contributed by atoms with Gasteiger partial charge in [0.05, 0.1) is 20.3 Å². The Morgan fingerprint density at radius 2 is 1.38 bits per heavy atom. The average Bonchev–Trinajstić information content (AvgIpc) is 2.92. The van der Waals surface area contributed by atoms with E-state index in [0.717, 1.165) is 19.3 Å². The molecule has 3 unspecified atom stereocenters. The van der Waals surface area contributed by atoms with Gasteiger partial charge in [-0.25, -0.2) is 4.79 Å². The van der Waals surface area contributed by atoms with Crippen LogP contribution in [0.3, 0.4) is 0 Å². The molecule has 0 saturated carbocycles. The van der Waals surface area contributed by atoms with E-state index in [1.165, 1.54) is 19.2 Å². The SMILES string of the molecule is CCC(C)CC(=O)Oc1ccc(CC(N)(CCOC(=O)OC[C@@H](C)CC)C(=O)OC)cc1OC(=O)CC(C)CC. The lowest BCUT2D eigenvalue weighted by Gasteiger charge is -2.26. The molecule has 226 valence electrons. The van der Waals surface area contributed by atoms with E-state index in [9.17, 15) is 19.2 Å². The maximum atomic E-state index is 12.7. The molecule has 0 aliphatic carbocycles. The molecule has 2 N–H and O–H groups in total. The van der Waals surface area contributed by atoms with Gasteiger partial charge in [0.1, 0.15) is 5.54 Å². The van der Waals surface area contributed by atoms with Gasteiger partial charge in [0, 0.05) is 25.7 Å². The van der Waals surface area contributed by atoms with Crippen molar-refractivity contribution in [2.24, 2.45) is 23.5 Å². The number of hydrogen-bond acceptors (Lipinski definition) is 10. The largest absolute Gasteiger partial charge is 0.508 e. The molecule has 4 atom stereocenters. The Hall–Kier alpha value is -3.14. The highest BCUT2D eigenvalue weighted by Crippen LogP contribution is 2.32. The lowest BCUT2D eigenvalue weighted by atomic mass is 9.88. The van der Waals surface area contributed by atoms with Crippen molar-refractivity contribution in [1.29, 1.82) is 0 Å². The van der Waals surface area contributed by atoms with Gasteiger partial charge in [0.25, 0.3) is 0 Å². The zero-order chi connectivity index (χ0) is 30.3. The van der Waals surface area contributed by atoms with Crippen LogP contribution < -0.4 is 15.2 Å². The van der Waals surface area contributed by atoms with Gasteiger partial charge >= 0.3 is 24.1 Å². The van der Waals surface area contributed by atoms with Gasteiger partial charge in [-0.05, 0) is 35.4 Å². The molecule has 10 nitrogen and oxygen atoms in total. The third-order valence-electron chi connectivity index (χ3n) is 6.94. The molecule has 0 heterocycles. The van der Waals surface area contributed by atoms with Gasteiger partial charge in [0.2, 0.25) is 0 Å². The van der Waals surface area contributed by atoms with Crippen molar-refractivity contribution < 1.29 is 42.9 Å². The van der Waals surface area contributed by atoms with Gasteiger partial charge in [-0.2, -0.15) is 0 Å². The van der Waals surface area contributed by atoms with Crippen LogP contribution in [-0.2, 0) is 35.0 Å². The van der Waals surface area contributed by atoms with E-state index in [1.54, 1.807) is 6.07 Å². The Morgan fingerprint density at radius 1 is 0.825 bits per heavy atom. The van der Waals surface area contributed by atoms with Crippen LogP contribution in [0.15, 0.2) is 18.2 Å². The predicted octanol–water partition coefficient (Wildman–Crippen LogP) is 5.37. The van der Waals surface area contributed by atoms with Gasteiger partial charge in [-0.1, -0.05) is 66.9 Å². The molecule has 0 aliphatic heterocycles. The van der Waals surface area contributed by atoms with Gasteiger partial charge in [-0.3, -0.25) is 14.4 Å². The van der Waals surface area contributed by atoms with E-state index >= 15 is 0 Å². The fraction of sp³-hybridized carbons (Fsp3) is 0.667. The highest BCUT2D eigenvalue weighted by atomic mass is 16.7. The normalized spacial score (nSPS) is 14.7. The molecular formula is C30H47NO9. The minimum absolute atomic E-state index is 0.0258. The van der Waals surface area contributed by atoms with E-state index in [-0.39, 0.29) is 68.1 Å². The molecule has 0 saturated heterocycles. The first-order valence-corrected chi connectivity index (χ1v) is 14.1. The molecule has 1 aromatic carbocycles. The van der Waals surface area contributed by atoms with E-state index in [0.29, 0.717) is 5.56 Å². The van der Waals surface area contributed by atoms with Gasteiger partial charge < -0.3 is 29.4 Å². The predicted molar refractivity (Wildman–Crippen MR) is 150 cm³/mol. The summed E-state index contributed by atoms with van der Waals surface area (Å²) in [5, 5.41) is 0. The quantitative estimate of drug-likeness (QED) is 0.193. The molecular weight excluding hydrogens is 518 g/mol. The molecule has 0 spiro atoms. The molecule has 0 radical (unpaired) electrons. The standard InChI is InChI=1S/C30H47NO9/c1-8-20(4)15-26(32)39-24-12-11-23(17-25(24)40-27(33)16-21(5)9-2)18-30(31,28(34)36-7)13-14-37-29(35)38-19-22(6)10-3/h11-12,17,20-22H,8-10,13-16,18-19,31H2,1-7H3/t20?,21?,22-,30?/m0/s1. The van der Waals surface area contributed by atoms with Crippen LogP contribution in [0.25, 0.3) is 0 Å². The summed E-state index contributed by atoms with van der Waals surface area (Å²) in [6.07, 6.45) is 1.96. The van der Waals surface area contributed by atoms with E-state index in [1.807, 2.05) is 41.5 Å². The number of hydrogen-bond donors (Lipinski definition) is 1. The second-order valence-electron chi connectivity index (χ2n) is 10.7. The third kappa shape index (κ3) is 12.4. The Balaban J connectivity index is 3.12. The van der Waals surface area contributed by atoms with Crippen molar-refractivity contribution in [3.8, 4) is 11.5 Å². The van der Waals surface area contributed by atoms with Crippen LogP contribution in [0, 0.1) is 17.8 Å². The Morgan fingerprint density at radius 3 is 1.90 bits per heavy atom. The zero-order valence-electron chi connectivity index (χ0n) is 25.1. The number of esters is 3. The summed E-state index contributed by atoms with van der Waals surface area (Å²) in [5.74, 6) is -1.02. The summed E-state index contributed by atoms with van der Waals surface area (Å²) in [7, 11) is 1.22.